The molecule has 0 atom stereocenters. The Morgan fingerprint density at radius 2 is 2.13 bits per heavy atom. The average Bonchev–Trinajstić information content (AvgIpc) is 2.66. The predicted molar refractivity (Wildman–Crippen MR) is 63.1 cm³/mol. The van der Waals surface area contributed by atoms with Crippen molar-refractivity contribution >= 4 is 11.6 Å². The Hall–Kier alpha value is -1.21. The van der Waals surface area contributed by atoms with Crippen LogP contribution in [0, 0.1) is 0 Å². The lowest BCUT2D eigenvalue weighted by atomic mass is 10.0. The van der Waals surface area contributed by atoms with Gasteiger partial charge in [0, 0.05) is 10.6 Å². The van der Waals surface area contributed by atoms with Crippen molar-refractivity contribution in [1.82, 2.24) is 0 Å². The second-order valence-corrected chi connectivity index (χ2v) is 4.01. The second-order valence-electron chi connectivity index (χ2n) is 3.57. The van der Waals surface area contributed by atoms with Crippen LogP contribution in [-0.4, -0.2) is 0 Å². The Labute approximate surface area is 94.7 Å². The number of benzene rings is 1. The first-order valence-corrected chi connectivity index (χ1v) is 5.50. The van der Waals surface area contributed by atoms with Gasteiger partial charge in [0.05, 0.1) is 12.5 Å². The van der Waals surface area contributed by atoms with Crippen LogP contribution >= 0.6 is 11.6 Å². The van der Waals surface area contributed by atoms with E-state index in [2.05, 4.69) is 13.0 Å². The molecule has 78 valence electrons. The van der Waals surface area contributed by atoms with E-state index in [1.807, 2.05) is 24.5 Å². The maximum absolute atomic E-state index is 5.96. The van der Waals surface area contributed by atoms with Crippen molar-refractivity contribution in [2.75, 3.05) is 0 Å². The van der Waals surface area contributed by atoms with Gasteiger partial charge in [-0.3, -0.25) is 0 Å². The Balaban J connectivity index is 2.40. The highest BCUT2D eigenvalue weighted by molar-refractivity contribution is 6.30. The van der Waals surface area contributed by atoms with Crippen molar-refractivity contribution in [1.29, 1.82) is 0 Å². The molecular formula is C13H13ClO. The summed E-state index contributed by atoms with van der Waals surface area (Å²) >= 11 is 5.96. The number of rotatable bonds is 3. The molecule has 15 heavy (non-hydrogen) atoms. The quantitative estimate of drug-likeness (QED) is 0.740. The van der Waals surface area contributed by atoms with Crippen LogP contribution in [0.15, 0.2) is 41.2 Å². The van der Waals surface area contributed by atoms with E-state index < -0.39 is 0 Å². The number of halogens is 1. The summed E-state index contributed by atoms with van der Waals surface area (Å²) in [6.45, 7) is 2.16. The molecule has 2 aromatic rings. The topological polar surface area (TPSA) is 13.1 Å². The minimum Gasteiger partial charge on any atom is -0.472 e. The third kappa shape index (κ3) is 2.24. The zero-order valence-electron chi connectivity index (χ0n) is 8.66. The monoisotopic (exact) mass is 220 g/mol. The zero-order chi connectivity index (χ0) is 10.7. The van der Waals surface area contributed by atoms with Gasteiger partial charge in [-0.05, 0) is 29.7 Å². The van der Waals surface area contributed by atoms with Gasteiger partial charge in [0.2, 0.25) is 0 Å². The van der Waals surface area contributed by atoms with E-state index in [1.54, 1.807) is 6.26 Å². The average molecular weight is 221 g/mol. The molecule has 0 fully saturated rings. The number of aryl methyl sites for hydroxylation is 1. The molecule has 0 bridgehead atoms. The minimum atomic E-state index is 0.760. The molecule has 2 rings (SSSR count). The van der Waals surface area contributed by atoms with Gasteiger partial charge in [0.15, 0.2) is 0 Å². The minimum absolute atomic E-state index is 0.760. The van der Waals surface area contributed by atoms with E-state index in [0.29, 0.717) is 0 Å². The number of hydrogen-bond donors (Lipinski definition) is 0. The summed E-state index contributed by atoms with van der Waals surface area (Å²) in [7, 11) is 0. The highest BCUT2D eigenvalue weighted by Gasteiger charge is 2.07. The molecule has 1 heterocycles. The molecular weight excluding hydrogens is 208 g/mol. The van der Waals surface area contributed by atoms with Gasteiger partial charge in [-0.15, -0.1) is 0 Å². The molecule has 0 radical (unpaired) electrons. The van der Waals surface area contributed by atoms with E-state index in [4.69, 9.17) is 16.0 Å². The molecule has 0 aliphatic rings. The fourth-order valence-corrected chi connectivity index (χ4v) is 1.89. The smallest absolute Gasteiger partial charge is 0.0983 e. The van der Waals surface area contributed by atoms with Gasteiger partial charge in [0.25, 0.3) is 0 Å². The molecule has 1 aromatic carbocycles. The lowest BCUT2D eigenvalue weighted by Crippen LogP contribution is -1.83. The molecule has 0 aliphatic carbocycles. The van der Waals surface area contributed by atoms with Crippen molar-refractivity contribution in [3.05, 3.63) is 47.4 Å². The van der Waals surface area contributed by atoms with Crippen LogP contribution in [-0.2, 0) is 6.42 Å². The van der Waals surface area contributed by atoms with Crippen molar-refractivity contribution < 1.29 is 4.42 Å². The Bertz CT molecular complexity index is 445. The van der Waals surface area contributed by atoms with Crippen LogP contribution in [0.1, 0.15) is 18.9 Å². The standard InChI is InChI=1S/C13H13ClO/c1-2-4-11-8-15-9-13(11)10-5-3-6-12(14)7-10/h3,5-9H,2,4H2,1H3. The summed E-state index contributed by atoms with van der Waals surface area (Å²) in [6.07, 6.45) is 5.77. The molecule has 0 amide bonds. The van der Waals surface area contributed by atoms with Gasteiger partial charge in [-0.1, -0.05) is 37.1 Å². The number of hydrogen-bond acceptors (Lipinski definition) is 1. The zero-order valence-corrected chi connectivity index (χ0v) is 9.42. The summed E-state index contributed by atoms with van der Waals surface area (Å²) in [4.78, 5) is 0. The first-order valence-electron chi connectivity index (χ1n) is 5.12. The molecule has 0 saturated heterocycles. The van der Waals surface area contributed by atoms with Crippen LogP contribution in [0.2, 0.25) is 5.02 Å². The van der Waals surface area contributed by atoms with Crippen molar-refractivity contribution in [2.45, 2.75) is 19.8 Å². The van der Waals surface area contributed by atoms with Crippen LogP contribution in [0.4, 0.5) is 0 Å². The molecule has 2 heteroatoms. The van der Waals surface area contributed by atoms with Gasteiger partial charge in [0.1, 0.15) is 0 Å². The Kier molecular flexibility index (Phi) is 3.12. The van der Waals surface area contributed by atoms with Gasteiger partial charge >= 0.3 is 0 Å². The van der Waals surface area contributed by atoms with Crippen LogP contribution in [0.3, 0.4) is 0 Å². The molecule has 1 nitrogen and oxygen atoms in total. The largest absolute Gasteiger partial charge is 0.472 e. The second kappa shape index (κ2) is 4.54. The highest BCUT2D eigenvalue weighted by Crippen LogP contribution is 2.27. The van der Waals surface area contributed by atoms with E-state index in [9.17, 15) is 0 Å². The molecule has 1 aromatic heterocycles. The molecule has 0 saturated carbocycles. The normalized spacial score (nSPS) is 10.5. The SMILES string of the molecule is CCCc1cocc1-c1cccc(Cl)c1. The summed E-state index contributed by atoms with van der Waals surface area (Å²) in [6, 6.07) is 7.85. The van der Waals surface area contributed by atoms with Crippen molar-refractivity contribution in [3.8, 4) is 11.1 Å². The van der Waals surface area contributed by atoms with Gasteiger partial charge < -0.3 is 4.42 Å². The third-order valence-corrected chi connectivity index (χ3v) is 2.63. The van der Waals surface area contributed by atoms with Gasteiger partial charge in [-0.2, -0.15) is 0 Å². The maximum atomic E-state index is 5.96. The molecule has 0 unspecified atom stereocenters. The van der Waals surface area contributed by atoms with Crippen LogP contribution in [0.5, 0.6) is 0 Å². The molecule has 0 N–H and O–H groups in total. The fourth-order valence-electron chi connectivity index (χ4n) is 1.70. The molecule has 0 spiro atoms. The van der Waals surface area contributed by atoms with Gasteiger partial charge in [-0.25, -0.2) is 0 Å². The Morgan fingerprint density at radius 1 is 1.27 bits per heavy atom. The van der Waals surface area contributed by atoms with E-state index in [0.717, 1.165) is 29.0 Å². The third-order valence-electron chi connectivity index (χ3n) is 2.40. The highest BCUT2D eigenvalue weighted by atomic mass is 35.5. The van der Waals surface area contributed by atoms with E-state index >= 15 is 0 Å². The first-order chi connectivity index (χ1) is 7.31. The fraction of sp³-hybridized carbons (Fsp3) is 0.231. The van der Waals surface area contributed by atoms with Crippen molar-refractivity contribution in [3.63, 3.8) is 0 Å². The number of furan rings is 1. The summed E-state index contributed by atoms with van der Waals surface area (Å²) in [5, 5.41) is 0.760. The van der Waals surface area contributed by atoms with Crippen molar-refractivity contribution in [2.24, 2.45) is 0 Å². The van der Waals surface area contributed by atoms with E-state index in [-0.39, 0.29) is 0 Å². The molecule has 0 aliphatic heterocycles. The van der Waals surface area contributed by atoms with E-state index in [1.165, 1.54) is 5.56 Å². The maximum Gasteiger partial charge on any atom is 0.0983 e. The predicted octanol–water partition coefficient (Wildman–Crippen LogP) is 4.55. The lowest BCUT2D eigenvalue weighted by molar-refractivity contribution is 0.564. The first kappa shape index (κ1) is 10.3. The van der Waals surface area contributed by atoms with Crippen LogP contribution in [0.25, 0.3) is 11.1 Å². The lowest BCUT2D eigenvalue weighted by Gasteiger charge is -2.01. The summed E-state index contributed by atoms with van der Waals surface area (Å²) in [5.41, 5.74) is 3.53. The summed E-state index contributed by atoms with van der Waals surface area (Å²) in [5.74, 6) is 0. The Morgan fingerprint density at radius 3 is 2.87 bits per heavy atom. The van der Waals surface area contributed by atoms with Crippen LogP contribution < -0.4 is 0 Å². The summed E-state index contributed by atoms with van der Waals surface area (Å²) < 4.78 is 5.25.